The van der Waals surface area contributed by atoms with Crippen LogP contribution in [0.1, 0.15) is 44.5 Å². The smallest absolute Gasteiger partial charge is 0.115 e. The molecule has 0 unspecified atom stereocenters. The van der Waals surface area contributed by atoms with E-state index in [1.807, 2.05) is 84.9 Å². The number of phenolic OH excluding ortho intramolecular Hbond substituents is 4. The minimum Gasteiger partial charge on any atom is -0.508 e. The normalized spacial score (nSPS) is 11.7. The van der Waals surface area contributed by atoms with Gasteiger partial charge in [0.05, 0.1) is 10.8 Å². The first-order chi connectivity index (χ1) is 23.4. The molecule has 0 aliphatic rings. The zero-order chi connectivity index (χ0) is 33.1. The molecule has 0 atom stereocenters. The zero-order valence-electron chi connectivity index (χ0n) is 26.1. The highest BCUT2D eigenvalue weighted by molar-refractivity contribution is 5.65. The van der Waals surface area contributed by atoms with Gasteiger partial charge in [-0.15, -0.1) is 0 Å². The summed E-state index contributed by atoms with van der Waals surface area (Å²) in [6.45, 7) is 0. The number of aromatic hydroxyl groups is 4. The predicted molar refractivity (Wildman–Crippen MR) is 190 cm³/mol. The maximum Gasteiger partial charge on any atom is 0.115 e. The van der Waals surface area contributed by atoms with Gasteiger partial charge in [0.25, 0.3) is 0 Å². The van der Waals surface area contributed by atoms with E-state index in [1.165, 1.54) is 0 Å². The molecular weight excluding hydrogens is 592 g/mol. The van der Waals surface area contributed by atoms with Crippen molar-refractivity contribution in [2.45, 2.75) is 10.8 Å². The number of hydrogen-bond donors (Lipinski definition) is 4. The highest BCUT2D eigenvalue weighted by atomic mass is 16.3. The topological polar surface area (TPSA) is 80.9 Å². The summed E-state index contributed by atoms with van der Waals surface area (Å²) in [6.07, 6.45) is 0. The summed E-state index contributed by atoms with van der Waals surface area (Å²) in [7, 11) is 0. The van der Waals surface area contributed by atoms with Gasteiger partial charge < -0.3 is 20.4 Å². The van der Waals surface area contributed by atoms with Crippen LogP contribution in [-0.4, -0.2) is 20.4 Å². The van der Waals surface area contributed by atoms with E-state index in [0.717, 1.165) is 44.5 Å². The number of hydrogen-bond acceptors (Lipinski definition) is 4. The molecule has 0 bridgehead atoms. The molecule has 0 spiro atoms. The lowest BCUT2D eigenvalue weighted by Gasteiger charge is -2.40. The third kappa shape index (κ3) is 5.14. The molecule has 0 heterocycles. The van der Waals surface area contributed by atoms with Crippen molar-refractivity contribution in [2.24, 2.45) is 0 Å². The van der Waals surface area contributed by atoms with E-state index in [2.05, 4.69) is 48.5 Å². The van der Waals surface area contributed by atoms with Gasteiger partial charge in [-0.2, -0.15) is 0 Å². The van der Waals surface area contributed by atoms with Crippen molar-refractivity contribution in [3.8, 4) is 23.0 Å². The van der Waals surface area contributed by atoms with Crippen molar-refractivity contribution in [1.29, 1.82) is 0 Å². The highest BCUT2D eigenvalue weighted by Crippen LogP contribution is 2.50. The van der Waals surface area contributed by atoms with Crippen molar-refractivity contribution >= 4 is 0 Å². The fourth-order valence-electron chi connectivity index (χ4n) is 7.21. The first-order valence-electron chi connectivity index (χ1n) is 15.8. The van der Waals surface area contributed by atoms with Crippen LogP contribution in [0.3, 0.4) is 0 Å². The molecule has 0 saturated carbocycles. The van der Waals surface area contributed by atoms with E-state index in [-0.39, 0.29) is 23.0 Å². The maximum absolute atomic E-state index is 10.4. The Labute approximate surface area is 280 Å². The number of benzene rings is 7. The maximum atomic E-state index is 10.4. The van der Waals surface area contributed by atoms with Gasteiger partial charge in [0.15, 0.2) is 0 Å². The molecule has 0 saturated heterocycles. The SMILES string of the molecule is Oc1ccc(C(c2ccccc2)(c2ccc(O)cc2)c2cccc(C(c3ccccc3)(c3ccc(O)cc3)c3ccc(O)cc3)c2)cc1. The summed E-state index contributed by atoms with van der Waals surface area (Å²) in [5, 5.41) is 41.5. The third-order valence-corrected chi connectivity index (χ3v) is 9.34. The van der Waals surface area contributed by atoms with Crippen molar-refractivity contribution in [3.63, 3.8) is 0 Å². The van der Waals surface area contributed by atoms with Crippen LogP contribution in [0.2, 0.25) is 0 Å². The molecule has 7 rings (SSSR count). The average molecular weight is 627 g/mol. The molecular formula is C44H34O4. The summed E-state index contributed by atoms with van der Waals surface area (Å²) in [6, 6.07) is 58.3. The summed E-state index contributed by atoms with van der Waals surface area (Å²) >= 11 is 0. The van der Waals surface area contributed by atoms with Crippen LogP contribution in [-0.2, 0) is 10.8 Å². The van der Waals surface area contributed by atoms with Crippen LogP contribution in [0.4, 0.5) is 0 Å². The van der Waals surface area contributed by atoms with Gasteiger partial charge >= 0.3 is 0 Å². The second-order valence-electron chi connectivity index (χ2n) is 12.0. The summed E-state index contributed by atoms with van der Waals surface area (Å²) in [4.78, 5) is 0. The monoisotopic (exact) mass is 626 g/mol. The number of rotatable bonds is 8. The van der Waals surface area contributed by atoms with E-state index < -0.39 is 10.8 Å². The molecule has 7 aromatic carbocycles. The first kappa shape index (κ1) is 30.4. The van der Waals surface area contributed by atoms with Crippen LogP contribution in [0.25, 0.3) is 0 Å². The van der Waals surface area contributed by atoms with Gasteiger partial charge in [0.2, 0.25) is 0 Å². The molecule has 48 heavy (non-hydrogen) atoms. The molecule has 0 radical (unpaired) electrons. The molecule has 0 amide bonds. The van der Waals surface area contributed by atoms with Crippen molar-refractivity contribution < 1.29 is 20.4 Å². The Balaban J connectivity index is 1.62. The Kier molecular flexibility index (Phi) is 7.92. The molecule has 7 aromatic rings. The minimum absolute atomic E-state index is 0.169. The molecule has 4 heteroatoms. The Morgan fingerprint density at radius 3 is 0.729 bits per heavy atom. The molecule has 0 aliphatic heterocycles. The Bertz CT molecular complexity index is 1880. The lowest BCUT2D eigenvalue weighted by Crippen LogP contribution is -2.34. The lowest BCUT2D eigenvalue weighted by molar-refractivity contribution is 0.473. The Morgan fingerprint density at radius 2 is 0.458 bits per heavy atom. The average Bonchev–Trinajstić information content (AvgIpc) is 3.13. The quantitative estimate of drug-likeness (QED) is 0.127. The third-order valence-electron chi connectivity index (χ3n) is 9.34. The summed E-state index contributed by atoms with van der Waals surface area (Å²) in [5.41, 5.74) is 6.01. The summed E-state index contributed by atoms with van der Waals surface area (Å²) < 4.78 is 0. The van der Waals surface area contributed by atoms with E-state index in [9.17, 15) is 20.4 Å². The highest BCUT2D eigenvalue weighted by Gasteiger charge is 2.42. The van der Waals surface area contributed by atoms with Gasteiger partial charge in [-0.25, -0.2) is 0 Å². The van der Waals surface area contributed by atoms with E-state index in [0.29, 0.717) is 0 Å². The van der Waals surface area contributed by atoms with Crippen LogP contribution in [0, 0.1) is 0 Å². The lowest BCUT2D eigenvalue weighted by atomic mass is 9.61. The molecule has 0 fully saturated rings. The second-order valence-corrected chi connectivity index (χ2v) is 12.0. The summed E-state index contributed by atoms with van der Waals surface area (Å²) in [5.74, 6) is 0.677. The fourth-order valence-corrected chi connectivity index (χ4v) is 7.21. The molecule has 4 nitrogen and oxygen atoms in total. The largest absolute Gasteiger partial charge is 0.508 e. The second kappa shape index (κ2) is 12.5. The minimum atomic E-state index is -0.856. The van der Waals surface area contributed by atoms with Crippen molar-refractivity contribution in [2.75, 3.05) is 0 Å². The standard InChI is InChI=1S/C44H34O4/c45-39-22-14-33(15-23-39)43(31-8-3-1-4-9-31,34-16-24-40(46)25-17-34)37-12-7-13-38(30-37)44(32-10-5-2-6-11-32,35-18-26-41(47)27-19-35)36-20-28-42(48)29-21-36/h1-30,45-48H. The first-order valence-corrected chi connectivity index (χ1v) is 15.8. The zero-order valence-corrected chi connectivity index (χ0v) is 26.1. The fraction of sp³-hybridized carbons (Fsp3) is 0.0455. The van der Waals surface area contributed by atoms with Crippen molar-refractivity contribution in [3.05, 3.63) is 226 Å². The Hall–Kier alpha value is -6.26. The number of phenols is 4. The van der Waals surface area contributed by atoms with E-state index in [4.69, 9.17) is 0 Å². The van der Waals surface area contributed by atoms with E-state index >= 15 is 0 Å². The van der Waals surface area contributed by atoms with Crippen LogP contribution in [0.5, 0.6) is 23.0 Å². The van der Waals surface area contributed by atoms with Gasteiger partial charge in [0.1, 0.15) is 23.0 Å². The molecule has 0 aromatic heterocycles. The van der Waals surface area contributed by atoms with Gasteiger partial charge in [-0.05, 0) is 93.0 Å². The van der Waals surface area contributed by atoms with Gasteiger partial charge in [-0.1, -0.05) is 133 Å². The predicted octanol–water partition coefficient (Wildman–Crippen LogP) is 9.27. The molecule has 4 N–H and O–H groups in total. The van der Waals surface area contributed by atoms with Crippen LogP contribution in [0.15, 0.2) is 182 Å². The van der Waals surface area contributed by atoms with E-state index in [1.54, 1.807) is 48.5 Å². The van der Waals surface area contributed by atoms with Crippen LogP contribution < -0.4 is 0 Å². The molecule has 234 valence electrons. The molecule has 0 aliphatic carbocycles. The van der Waals surface area contributed by atoms with Crippen molar-refractivity contribution in [1.82, 2.24) is 0 Å². The van der Waals surface area contributed by atoms with Crippen LogP contribution >= 0.6 is 0 Å². The van der Waals surface area contributed by atoms with Gasteiger partial charge in [0, 0.05) is 0 Å². The van der Waals surface area contributed by atoms with Gasteiger partial charge in [-0.3, -0.25) is 0 Å². The Morgan fingerprint density at radius 1 is 0.229 bits per heavy atom.